The van der Waals surface area contributed by atoms with Crippen molar-refractivity contribution in [1.29, 1.82) is 0 Å². The van der Waals surface area contributed by atoms with Crippen LogP contribution in [-0.2, 0) is 16.0 Å². The number of carbonyl (C=O) groups excluding carboxylic acids is 1. The quantitative estimate of drug-likeness (QED) is 0.344. The molecule has 6 nitrogen and oxygen atoms in total. The average Bonchev–Trinajstić information content (AvgIpc) is 3.34. The Morgan fingerprint density at radius 1 is 1.25 bits per heavy atom. The van der Waals surface area contributed by atoms with Crippen LogP contribution < -0.4 is 15.5 Å². The molecule has 0 aromatic heterocycles. The summed E-state index contributed by atoms with van der Waals surface area (Å²) in [4.78, 5) is 18.8. The minimum absolute atomic E-state index is 0. The number of anilines is 1. The van der Waals surface area contributed by atoms with Gasteiger partial charge in [0.2, 0.25) is 5.91 Å². The summed E-state index contributed by atoms with van der Waals surface area (Å²) < 4.78 is 5.30. The van der Waals surface area contributed by atoms with Crippen LogP contribution in [0.5, 0.6) is 0 Å². The molecule has 1 fully saturated rings. The number of benzene rings is 1. The van der Waals surface area contributed by atoms with Gasteiger partial charge in [0.15, 0.2) is 5.96 Å². The van der Waals surface area contributed by atoms with Gasteiger partial charge in [-0.1, -0.05) is 31.0 Å². The molecule has 156 valence electrons. The Morgan fingerprint density at radius 3 is 2.71 bits per heavy atom. The van der Waals surface area contributed by atoms with E-state index in [-0.39, 0.29) is 41.8 Å². The average molecular weight is 500 g/mol. The minimum Gasteiger partial charge on any atom is -0.385 e. The van der Waals surface area contributed by atoms with E-state index < -0.39 is 0 Å². The van der Waals surface area contributed by atoms with Gasteiger partial charge in [0.1, 0.15) is 0 Å². The first-order valence-electron chi connectivity index (χ1n) is 9.99. The van der Waals surface area contributed by atoms with Gasteiger partial charge in [-0.15, -0.1) is 24.0 Å². The summed E-state index contributed by atoms with van der Waals surface area (Å²) in [5.41, 5.74) is 2.57. The fourth-order valence-electron chi connectivity index (χ4n) is 4.30. The van der Waals surface area contributed by atoms with Crippen molar-refractivity contribution in [3.8, 4) is 0 Å². The highest BCUT2D eigenvalue weighted by molar-refractivity contribution is 14.0. The zero-order valence-corrected chi connectivity index (χ0v) is 19.3. The molecule has 1 aliphatic carbocycles. The topological polar surface area (TPSA) is 66.0 Å². The molecule has 1 aliphatic heterocycles. The summed E-state index contributed by atoms with van der Waals surface area (Å²) in [7, 11) is 3.51. The van der Waals surface area contributed by atoms with E-state index in [9.17, 15) is 4.79 Å². The molecule has 28 heavy (non-hydrogen) atoms. The van der Waals surface area contributed by atoms with Gasteiger partial charge in [-0.05, 0) is 42.7 Å². The van der Waals surface area contributed by atoms with E-state index >= 15 is 0 Å². The molecule has 1 aromatic carbocycles. The number of nitrogens with one attached hydrogen (secondary N) is 2. The fraction of sp³-hybridized carbons (Fsp3) is 0.619. The monoisotopic (exact) mass is 500 g/mol. The molecule has 0 unspecified atom stereocenters. The third-order valence-electron chi connectivity index (χ3n) is 5.95. The molecule has 2 aliphatic rings. The van der Waals surface area contributed by atoms with Gasteiger partial charge in [0.05, 0.1) is 6.54 Å². The number of aliphatic imine (C=N–C) groups is 1. The Balaban J connectivity index is 0.00000280. The Kier molecular flexibility index (Phi) is 9.01. The number of guanidine groups is 1. The van der Waals surface area contributed by atoms with Gasteiger partial charge in [-0.25, -0.2) is 0 Å². The zero-order valence-electron chi connectivity index (χ0n) is 17.0. The molecule has 3 rings (SSSR count). The number of halogens is 1. The van der Waals surface area contributed by atoms with E-state index in [2.05, 4.69) is 21.7 Å². The lowest BCUT2D eigenvalue weighted by atomic mass is 9.83. The van der Waals surface area contributed by atoms with Crippen LogP contribution >= 0.6 is 24.0 Å². The molecule has 7 heteroatoms. The number of rotatable bonds is 7. The smallest absolute Gasteiger partial charge is 0.246 e. The highest BCUT2D eigenvalue weighted by Gasteiger charge is 2.33. The zero-order chi connectivity index (χ0) is 19.1. The van der Waals surface area contributed by atoms with Crippen LogP contribution in [0.4, 0.5) is 5.69 Å². The Bertz CT molecular complexity index is 674. The van der Waals surface area contributed by atoms with Gasteiger partial charge < -0.3 is 20.3 Å². The van der Waals surface area contributed by atoms with E-state index in [1.165, 1.54) is 31.2 Å². The van der Waals surface area contributed by atoms with Crippen molar-refractivity contribution < 1.29 is 9.53 Å². The van der Waals surface area contributed by atoms with Gasteiger partial charge in [0, 0.05) is 39.5 Å². The van der Waals surface area contributed by atoms with Crippen LogP contribution in [-0.4, -0.2) is 52.3 Å². The Morgan fingerprint density at radius 2 is 2.00 bits per heavy atom. The molecular weight excluding hydrogens is 467 g/mol. The SMILES string of the molecule is CN=C(NCC(=O)N1CCc2ccccc21)NCC1(CCOC)CCCC1.I. The largest absolute Gasteiger partial charge is 0.385 e. The number of amides is 1. The Hall–Kier alpha value is -1.35. The highest BCUT2D eigenvalue weighted by Crippen LogP contribution is 2.40. The maximum atomic E-state index is 12.7. The molecule has 1 aromatic rings. The predicted molar refractivity (Wildman–Crippen MR) is 125 cm³/mol. The molecule has 0 atom stereocenters. The van der Waals surface area contributed by atoms with Crippen molar-refractivity contribution in [2.45, 2.75) is 38.5 Å². The van der Waals surface area contributed by atoms with Crippen molar-refractivity contribution in [3.05, 3.63) is 29.8 Å². The van der Waals surface area contributed by atoms with Crippen molar-refractivity contribution in [1.82, 2.24) is 10.6 Å². The molecule has 1 saturated carbocycles. The molecule has 0 radical (unpaired) electrons. The summed E-state index contributed by atoms with van der Waals surface area (Å²) in [5, 5.41) is 6.63. The normalized spacial score (nSPS) is 17.8. The fourth-order valence-corrected chi connectivity index (χ4v) is 4.30. The van der Waals surface area contributed by atoms with Gasteiger partial charge >= 0.3 is 0 Å². The third-order valence-corrected chi connectivity index (χ3v) is 5.95. The summed E-state index contributed by atoms with van der Waals surface area (Å²) in [6.07, 6.45) is 7.01. The van der Waals surface area contributed by atoms with Crippen LogP contribution in [0.3, 0.4) is 0 Å². The van der Waals surface area contributed by atoms with E-state index in [0.717, 1.165) is 38.2 Å². The third kappa shape index (κ3) is 5.59. The summed E-state index contributed by atoms with van der Waals surface area (Å²) in [6.45, 7) is 2.67. The number of hydrogen-bond donors (Lipinski definition) is 2. The molecule has 0 bridgehead atoms. The molecule has 1 amide bonds. The second-order valence-corrected chi connectivity index (χ2v) is 7.65. The van der Waals surface area contributed by atoms with Crippen molar-refractivity contribution in [3.63, 3.8) is 0 Å². The number of para-hydroxylation sites is 1. The molecule has 0 saturated heterocycles. The van der Waals surface area contributed by atoms with Gasteiger partial charge in [-0.3, -0.25) is 9.79 Å². The van der Waals surface area contributed by atoms with E-state index in [0.29, 0.717) is 5.96 Å². The maximum absolute atomic E-state index is 12.7. The molecule has 2 N–H and O–H groups in total. The standard InChI is InChI=1S/C21H32N4O2.HI/c1-22-20(24-16-21(12-14-27-2)10-5-6-11-21)23-15-19(26)25-13-9-17-7-3-4-8-18(17)25;/h3-4,7-8H,5-6,9-16H2,1-2H3,(H2,22,23,24);1H. The summed E-state index contributed by atoms with van der Waals surface area (Å²) in [6, 6.07) is 8.13. The van der Waals surface area contributed by atoms with E-state index in [1.54, 1.807) is 14.2 Å². The lowest BCUT2D eigenvalue weighted by molar-refractivity contribution is -0.117. The number of ether oxygens (including phenoxy) is 1. The number of fused-ring (bicyclic) bond motifs is 1. The van der Waals surface area contributed by atoms with Crippen LogP contribution in [0.25, 0.3) is 0 Å². The summed E-state index contributed by atoms with van der Waals surface area (Å²) in [5.74, 6) is 0.775. The van der Waals surface area contributed by atoms with Gasteiger partial charge in [-0.2, -0.15) is 0 Å². The van der Waals surface area contributed by atoms with Crippen LogP contribution in [0.2, 0.25) is 0 Å². The number of nitrogens with zero attached hydrogens (tertiary/aromatic N) is 2. The first-order valence-corrected chi connectivity index (χ1v) is 9.99. The second-order valence-electron chi connectivity index (χ2n) is 7.65. The van der Waals surface area contributed by atoms with Crippen molar-refractivity contribution >= 4 is 41.5 Å². The predicted octanol–water partition coefficient (Wildman–Crippen LogP) is 2.96. The Labute approximate surface area is 185 Å². The lowest BCUT2D eigenvalue weighted by Crippen LogP contribution is -2.47. The van der Waals surface area contributed by atoms with Crippen LogP contribution in [0.15, 0.2) is 29.3 Å². The van der Waals surface area contributed by atoms with Crippen molar-refractivity contribution in [2.75, 3.05) is 45.3 Å². The van der Waals surface area contributed by atoms with Crippen LogP contribution in [0.1, 0.15) is 37.7 Å². The first-order chi connectivity index (χ1) is 13.2. The minimum atomic E-state index is 0. The first kappa shape index (κ1) is 22.9. The molecular formula is C21H33IN4O2. The number of methoxy groups -OCH3 is 1. The molecule has 0 spiro atoms. The van der Waals surface area contributed by atoms with E-state index in [1.807, 2.05) is 23.1 Å². The van der Waals surface area contributed by atoms with Gasteiger partial charge in [0.25, 0.3) is 0 Å². The molecule has 1 heterocycles. The summed E-state index contributed by atoms with van der Waals surface area (Å²) >= 11 is 0. The lowest BCUT2D eigenvalue weighted by Gasteiger charge is -2.30. The van der Waals surface area contributed by atoms with E-state index in [4.69, 9.17) is 4.74 Å². The highest BCUT2D eigenvalue weighted by atomic mass is 127. The van der Waals surface area contributed by atoms with Crippen LogP contribution in [0, 0.1) is 5.41 Å². The maximum Gasteiger partial charge on any atom is 0.246 e. The second kappa shape index (κ2) is 11.0. The number of hydrogen-bond acceptors (Lipinski definition) is 3. The number of carbonyl (C=O) groups is 1. The van der Waals surface area contributed by atoms with Crippen molar-refractivity contribution in [2.24, 2.45) is 10.4 Å².